The zero-order valence-electron chi connectivity index (χ0n) is 12.5. The zero-order valence-corrected chi connectivity index (χ0v) is 12.5. The summed E-state index contributed by atoms with van der Waals surface area (Å²) in [6.45, 7) is 0.176. The molecule has 0 spiro atoms. The van der Waals surface area contributed by atoms with Gasteiger partial charge in [0.1, 0.15) is 12.4 Å². The molecule has 0 saturated heterocycles. The van der Waals surface area contributed by atoms with E-state index in [1.54, 1.807) is 31.1 Å². The molecule has 0 unspecified atom stereocenters. The van der Waals surface area contributed by atoms with Crippen LogP contribution >= 0.6 is 0 Å². The molecular weight excluding hydrogens is 301 g/mol. The molecule has 0 aliphatic heterocycles. The van der Waals surface area contributed by atoms with Crippen molar-refractivity contribution < 1.29 is 4.39 Å². The number of rotatable bonds is 4. The number of nitrogens with zero attached hydrogens (tertiary/aromatic N) is 8. The van der Waals surface area contributed by atoms with Crippen LogP contribution in [0.5, 0.6) is 0 Å². The number of anilines is 2. The topological polar surface area (TPSA) is 112 Å². The first-order valence-corrected chi connectivity index (χ1v) is 6.73. The molecule has 0 bridgehead atoms. The lowest BCUT2D eigenvalue weighted by atomic mass is 10.2. The van der Waals surface area contributed by atoms with Gasteiger partial charge in [0.15, 0.2) is 5.82 Å². The number of tetrazole rings is 1. The third-order valence-corrected chi connectivity index (χ3v) is 2.91. The minimum Gasteiger partial charge on any atom is -0.368 e. The van der Waals surface area contributed by atoms with Gasteiger partial charge in [-0.1, -0.05) is 12.1 Å². The van der Waals surface area contributed by atoms with E-state index < -0.39 is 0 Å². The van der Waals surface area contributed by atoms with Gasteiger partial charge in [0.05, 0.1) is 0 Å². The van der Waals surface area contributed by atoms with Gasteiger partial charge >= 0.3 is 0 Å². The van der Waals surface area contributed by atoms with Gasteiger partial charge < -0.3 is 10.6 Å². The van der Waals surface area contributed by atoms with Gasteiger partial charge in [0, 0.05) is 19.7 Å². The van der Waals surface area contributed by atoms with E-state index in [0.29, 0.717) is 23.2 Å². The minimum absolute atomic E-state index is 0.115. The van der Waals surface area contributed by atoms with Gasteiger partial charge in [-0.05, 0) is 17.3 Å². The summed E-state index contributed by atoms with van der Waals surface area (Å²) in [7, 11) is 3.60. The smallest absolute Gasteiger partial charge is 0.229 e. The summed E-state index contributed by atoms with van der Waals surface area (Å²) in [5.74, 6) is 0.922. The fraction of sp³-hybridized carbons (Fsp3) is 0.231. The summed E-state index contributed by atoms with van der Waals surface area (Å²) in [6, 6.07) is 5.98. The highest BCUT2D eigenvalue weighted by molar-refractivity contribution is 5.53. The van der Waals surface area contributed by atoms with Crippen LogP contribution in [0.3, 0.4) is 0 Å². The molecule has 0 saturated carbocycles. The molecule has 0 aliphatic carbocycles. The number of aromatic nitrogens is 7. The molecule has 0 aliphatic rings. The van der Waals surface area contributed by atoms with Gasteiger partial charge in [-0.25, -0.2) is 4.39 Å². The SMILES string of the molecule is CN(C)c1nc(N)nc(Cn2nnc(-c3cccc(F)c3)n2)n1. The van der Waals surface area contributed by atoms with E-state index in [9.17, 15) is 4.39 Å². The maximum Gasteiger partial charge on any atom is 0.229 e. The Morgan fingerprint density at radius 3 is 2.78 bits per heavy atom. The highest BCUT2D eigenvalue weighted by Crippen LogP contribution is 2.14. The van der Waals surface area contributed by atoms with E-state index in [2.05, 4.69) is 30.4 Å². The van der Waals surface area contributed by atoms with E-state index in [1.807, 2.05) is 0 Å². The van der Waals surface area contributed by atoms with Crippen molar-refractivity contribution in [2.24, 2.45) is 0 Å². The Hall–Kier alpha value is -3.17. The normalized spacial score (nSPS) is 10.7. The van der Waals surface area contributed by atoms with Crippen molar-refractivity contribution in [1.82, 2.24) is 35.2 Å². The lowest BCUT2D eigenvalue weighted by Crippen LogP contribution is -2.17. The van der Waals surface area contributed by atoms with Crippen LogP contribution in [0.15, 0.2) is 24.3 Å². The lowest BCUT2D eigenvalue weighted by Gasteiger charge is -2.10. The molecule has 10 heteroatoms. The van der Waals surface area contributed by atoms with Crippen LogP contribution in [-0.4, -0.2) is 49.3 Å². The Morgan fingerprint density at radius 1 is 1.22 bits per heavy atom. The van der Waals surface area contributed by atoms with Crippen molar-refractivity contribution in [2.45, 2.75) is 6.54 Å². The zero-order chi connectivity index (χ0) is 16.4. The van der Waals surface area contributed by atoms with E-state index in [-0.39, 0.29) is 18.3 Å². The molecule has 0 amide bonds. The molecule has 2 N–H and O–H groups in total. The number of benzene rings is 1. The van der Waals surface area contributed by atoms with Crippen molar-refractivity contribution in [3.8, 4) is 11.4 Å². The molecule has 3 rings (SSSR count). The number of nitrogen functional groups attached to an aromatic ring is 1. The molecular formula is C13H14FN9. The summed E-state index contributed by atoms with van der Waals surface area (Å²) in [5, 5.41) is 12.0. The van der Waals surface area contributed by atoms with Crippen LogP contribution in [0.2, 0.25) is 0 Å². The van der Waals surface area contributed by atoms with E-state index in [1.165, 1.54) is 16.9 Å². The molecule has 0 radical (unpaired) electrons. The van der Waals surface area contributed by atoms with E-state index in [0.717, 1.165) is 0 Å². The summed E-state index contributed by atoms with van der Waals surface area (Å²) < 4.78 is 13.2. The molecule has 23 heavy (non-hydrogen) atoms. The Morgan fingerprint density at radius 2 is 2.04 bits per heavy atom. The Balaban J connectivity index is 1.85. The lowest BCUT2D eigenvalue weighted by molar-refractivity contribution is 0.553. The van der Waals surface area contributed by atoms with Gasteiger partial charge in [0.25, 0.3) is 0 Å². The monoisotopic (exact) mass is 315 g/mol. The molecule has 2 aromatic heterocycles. The first-order valence-electron chi connectivity index (χ1n) is 6.73. The Labute approximate surface area is 131 Å². The standard InChI is InChI=1S/C13H14FN9/c1-22(2)13-17-10(16-12(15)18-13)7-23-20-11(19-21-23)8-4-3-5-9(14)6-8/h3-6H,7H2,1-2H3,(H2,15,16,17,18). The second-order valence-electron chi connectivity index (χ2n) is 4.96. The van der Waals surface area contributed by atoms with Crippen LogP contribution in [0.25, 0.3) is 11.4 Å². The molecule has 0 fully saturated rings. The first-order chi connectivity index (χ1) is 11.0. The van der Waals surface area contributed by atoms with Crippen molar-refractivity contribution in [1.29, 1.82) is 0 Å². The maximum atomic E-state index is 13.2. The summed E-state index contributed by atoms with van der Waals surface area (Å²) in [5.41, 5.74) is 6.21. The third-order valence-electron chi connectivity index (χ3n) is 2.91. The van der Waals surface area contributed by atoms with Crippen molar-refractivity contribution in [3.05, 3.63) is 35.9 Å². The van der Waals surface area contributed by atoms with Crippen LogP contribution in [0, 0.1) is 5.82 Å². The van der Waals surface area contributed by atoms with Crippen molar-refractivity contribution in [3.63, 3.8) is 0 Å². The number of hydrogen-bond acceptors (Lipinski definition) is 8. The largest absolute Gasteiger partial charge is 0.368 e. The summed E-state index contributed by atoms with van der Waals surface area (Å²) in [6.07, 6.45) is 0. The summed E-state index contributed by atoms with van der Waals surface area (Å²) >= 11 is 0. The molecule has 9 nitrogen and oxygen atoms in total. The van der Waals surface area contributed by atoms with Gasteiger partial charge in [-0.2, -0.15) is 19.7 Å². The van der Waals surface area contributed by atoms with Gasteiger partial charge in [-0.15, -0.1) is 10.2 Å². The third kappa shape index (κ3) is 3.36. The van der Waals surface area contributed by atoms with Crippen LogP contribution < -0.4 is 10.6 Å². The van der Waals surface area contributed by atoms with Crippen molar-refractivity contribution >= 4 is 11.9 Å². The summed E-state index contributed by atoms with van der Waals surface area (Å²) in [4.78, 5) is 15.3. The highest BCUT2D eigenvalue weighted by Gasteiger charge is 2.11. The molecule has 118 valence electrons. The minimum atomic E-state index is -0.361. The Kier molecular flexibility index (Phi) is 3.79. The quantitative estimate of drug-likeness (QED) is 0.734. The van der Waals surface area contributed by atoms with Gasteiger partial charge in [-0.3, -0.25) is 0 Å². The second kappa shape index (κ2) is 5.91. The van der Waals surface area contributed by atoms with E-state index in [4.69, 9.17) is 5.73 Å². The van der Waals surface area contributed by atoms with Crippen LogP contribution in [0.4, 0.5) is 16.3 Å². The fourth-order valence-electron chi connectivity index (χ4n) is 1.88. The predicted octanol–water partition coefficient (Wildman–Crippen LogP) is 0.361. The number of hydrogen-bond donors (Lipinski definition) is 1. The van der Waals surface area contributed by atoms with E-state index >= 15 is 0 Å². The predicted molar refractivity (Wildman–Crippen MR) is 80.9 cm³/mol. The molecule has 0 atom stereocenters. The van der Waals surface area contributed by atoms with Crippen LogP contribution in [-0.2, 0) is 6.54 Å². The Bertz CT molecular complexity index is 830. The average Bonchev–Trinajstić information content (AvgIpc) is 2.95. The average molecular weight is 315 g/mol. The highest BCUT2D eigenvalue weighted by atomic mass is 19.1. The second-order valence-corrected chi connectivity index (χ2v) is 4.96. The first kappa shape index (κ1) is 14.8. The molecule has 2 heterocycles. The van der Waals surface area contributed by atoms with Gasteiger partial charge in [0.2, 0.25) is 17.7 Å². The van der Waals surface area contributed by atoms with Crippen LogP contribution in [0.1, 0.15) is 5.82 Å². The van der Waals surface area contributed by atoms with Crippen molar-refractivity contribution in [2.75, 3.05) is 24.7 Å². The molecule has 3 aromatic rings. The molecule has 1 aromatic carbocycles. The number of halogens is 1. The maximum absolute atomic E-state index is 13.2. The fourth-order valence-corrected chi connectivity index (χ4v) is 1.88. The number of nitrogens with two attached hydrogens (primary N) is 1.